The summed E-state index contributed by atoms with van der Waals surface area (Å²) in [5.41, 5.74) is -0.220. The number of hydrogen-bond acceptors (Lipinski definition) is 2. The molecule has 0 aliphatic heterocycles. The topological polar surface area (TPSA) is 26.3 Å². The first-order valence-corrected chi connectivity index (χ1v) is 8.57. The first-order valence-electron chi connectivity index (χ1n) is 8.57. The number of benzene rings is 1. The van der Waals surface area contributed by atoms with Crippen molar-refractivity contribution in [3.63, 3.8) is 0 Å². The molecule has 1 rings (SSSR count). The van der Waals surface area contributed by atoms with Crippen molar-refractivity contribution in [2.75, 3.05) is 0 Å². The Bertz CT molecular complexity index is 993. The molecular weight excluding hydrogens is 559 g/mol. The Morgan fingerprint density at radius 3 is 1.33 bits per heavy atom. The molecule has 0 unspecified atom stereocenters. The van der Waals surface area contributed by atoms with E-state index in [1.165, 1.54) is 13.0 Å². The van der Waals surface area contributed by atoms with Crippen LogP contribution in [0.2, 0.25) is 0 Å². The molecule has 1 aromatic rings. The summed E-state index contributed by atoms with van der Waals surface area (Å²) < 4.78 is 228. The second-order valence-electron chi connectivity index (χ2n) is 7.11. The van der Waals surface area contributed by atoms with E-state index in [-0.39, 0.29) is 11.1 Å². The van der Waals surface area contributed by atoms with Crippen molar-refractivity contribution >= 4 is 5.97 Å². The molecule has 0 amide bonds. The molecular formula is C17H9F17O2. The van der Waals surface area contributed by atoms with Crippen LogP contribution in [0.3, 0.4) is 0 Å². The summed E-state index contributed by atoms with van der Waals surface area (Å²) in [6.07, 6.45) is -7.84. The first kappa shape index (κ1) is 31.5. The summed E-state index contributed by atoms with van der Waals surface area (Å²) in [6.45, 7) is 2.17. The smallest absolute Gasteiger partial charge is 0.422 e. The van der Waals surface area contributed by atoms with E-state index < -0.39 is 59.4 Å². The van der Waals surface area contributed by atoms with E-state index in [0.717, 1.165) is 13.0 Å². The Balaban J connectivity index is 3.61. The molecule has 0 spiro atoms. The number of rotatable bonds is 8. The van der Waals surface area contributed by atoms with Crippen molar-refractivity contribution in [2.24, 2.45) is 0 Å². The van der Waals surface area contributed by atoms with E-state index in [1.807, 2.05) is 0 Å². The molecule has 0 saturated carbocycles. The molecule has 0 saturated heterocycles. The van der Waals surface area contributed by atoms with Crippen molar-refractivity contribution in [2.45, 2.75) is 61.5 Å². The van der Waals surface area contributed by atoms with Gasteiger partial charge >= 0.3 is 53.6 Å². The van der Waals surface area contributed by atoms with E-state index in [1.54, 1.807) is 0 Å². The number of ether oxygens (including phenoxy) is 1. The first-order chi connectivity index (χ1) is 15.6. The Hall–Kier alpha value is -2.50. The van der Waals surface area contributed by atoms with Crippen molar-refractivity contribution in [1.29, 1.82) is 0 Å². The van der Waals surface area contributed by atoms with Gasteiger partial charge in [-0.2, -0.15) is 74.6 Å². The Morgan fingerprint density at radius 1 is 0.583 bits per heavy atom. The van der Waals surface area contributed by atoms with Gasteiger partial charge in [-0.25, -0.2) is 4.79 Å². The maximum absolute atomic E-state index is 13.8. The number of aryl methyl sites for hydroxylation is 1. The van der Waals surface area contributed by atoms with Gasteiger partial charge in [0.25, 0.3) is 0 Å². The summed E-state index contributed by atoms with van der Waals surface area (Å²) >= 11 is 0. The third-order valence-corrected chi connectivity index (χ3v) is 4.74. The number of alkyl halides is 17. The average Bonchev–Trinajstić information content (AvgIpc) is 2.69. The van der Waals surface area contributed by atoms with Crippen LogP contribution in [0.1, 0.15) is 11.1 Å². The molecule has 0 aliphatic carbocycles. The van der Waals surface area contributed by atoms with Crippen LogP contribution < -0.4 is 4.74 Å². The zero-order valence-corrected chi connectivity index (χ0v) is 17.0. The van der Waals surface area contributed by atoms with Gasteiger partial charge in [0, 0.05) is 0 Å². The van der Waals surface area contributed by atoms with Crippen LogP contribution in [0.15, 0.2) is 18.2 Å². The lowest BCUT2D eigenvalue weighted by Gasteiger charge is -2.42. The maximum Gasteiger partial charge on any atom is 0.460 e. The lowest BCUT2D eigenvalue weighted by atomic mass is 9.89. The summed E-state index contributed by atoms with van der Waals surface area (Å²) in [5, 5.41) is 0. The molecule has 0 atom stereocenters. The molecule has 1 aromatic carbocycles. The fourth-order valence-electron chi connectivity index (χ4n) is 2.29. The van der Waals surface area contributed by atoms with Crippen LogP contribution in [0, 0.1) is 13.8 Å². The standard InChI is InChI=1S/C17H9F17O2/c1-6-4-3-5-8(7(6)2)36-9(35)10(18,19)11(20,21)12(22,23)13(24,25)14(26,27)15(28,29)16(30,31)17(32,33)34/h3-5H,1-2H3. The zero-order valence-electron chi connectivity index (χ0n) is 17.0. The number of esters is 1. The fourth-order valence-corrected chi connectivity index (χ4v) is 2.29. The number of hydrogen-bond donors (Lipinski definition) is 0. The van der Waals surface area contributed by atoms with Gasteiger partial charge in [0.2, 0.25) is 0 Å². The molecule has 36 heavy (non-hydrogen) atoms. The van der Waals surface area contributed by atoms with Gasteiger partial charge in [0.15, 0.2) is 0 Å². The highest BCUT2D eigenvalue weighted by molar-refractivity contribution is 5.82. The quantitative estimate of drug-likeness (QED) is 0.188. The normalized spacial score (nSPS) is 15.2. The molecule has 0 N–H and O–H groups in total. The third kappa shape index (κ3) is 4.10. The highest BCUT2D eigenvalue weighted by Gasteiger charge is 2.96. The second-order valence-corrected chi connectivity index (χ2v) is 7.11. The van der Waals surface area contributed by atoms with Gasteiger partial charge in [-0.05, 0) is 31.0 Å². The third-order valence-electron chi connectivity index (χ3n) is 4.74. The minimum atomic E-state index is -8.76. The minimum absolute atomic E-state index is 0.0831. The Kier molecular flexibility index (Phi) is 7.47. The van der Waals surface area contributed by atoms with Gasteiger partial charge < -0.3 is 4.74 Å². The highest BCUT2D eigenvalue weighted by atomic mass is 19.4. The number of carbonyl (C=O) groups excluding carboxylic acids is 1. The molecule has 0 bridgehead atoms. The largest absolute Gasteiger partial charge is 0.460 e. The maximum atomic E-state index is 13.8. The molecule has 19 heteroatoms. The van der Waals surface area contributed by atoms with Crippen LogP contribution in [-0.4, -0.2) is 53.6 Å². The summed E-state index contributed by atoms with van der Waals surface area (Å²) in [6, 6.07) is 2.69. The van der Waals surface area contributed by atoms with Gasteiger partial charge in [-0.15, -0.1) is 0 Å². The van der Waals surface area contributed by atoms with Crippen LogP contribution >= 0.6 is 0 Å². The monoisotopic (exact) mass is 568 g/mol. The summed E-state index contributed by atoms with van der Waals surface area (Å²) in [4.78, 5) is 11.4. The Labute approximate surface area is 188 Å². The van der Waals surface area contributed by atoms with Gasteiger partial charge in [-0.1, -0.05) is 12.1 Å². The predicted molar refractivity (Wildman–Crippen MR) is 82.2 cm³/mol. The van der Waals surface area contributed by atoms with Crippen molar-refractivity contribution in [3.8, 4) is 5.75 Å². The Morgan fingerprint density at radius 2 is 0.944 bits per heavy atom. The van der Waals surface area contributed by atoms with E-state index in [2.05, 4.69) is 4.74 Å². The zero-order chi connectivity index (χ0) is 29.1. The molecule has 0 aliphatic rings. The van der Waals surface area contributed by atoms with Crippen LogP contribution in [-0.2, 0) is 4.79 Å². The fraction of sp³-hybridized carbons (Fsp3) is 0.588. The van der Waals surface area contributed by atoms with Crippen molar-refractivity contribution in [3.05, 3.63) is 29.3 Å². The molecule has 0 heterocycles. The molecule has 0 radical (unpaired) electrons. The van der Waals surface area contributed by atoms with Crippen LogP contribution in [0.5, 0.6) is 5.75 Å². The van der Waals surface area contributed by atoms with Crippen LogP contribution in [0.25, 0.3) is 0 Å². The summed E-state index contributed by atoms with van der Waals surface area (Å²) in [7, 11) is 0. The molecule has 0 fully saturated rings. The van der Waals surface area contributed by atoms with Crippen LogP contribution in [0.4, 0.5) is 74.6 Å². The average molecular weight is 568 g/mol. The molecule has 208 valence electrons. The predicted octanol–water partition coefficient (Wildman–Crippen LogP) is 7.22. The van der Waals surface area contributed by atoms with E-state index in [4.69, 9.17) is 0 Å². The van der Waals surface area contributed by atoms with Crippen molar-refractivity contribution < 1.29 is 84.2 Å². The minimum Gasteiger partial charge on any atom is -0.422 e. The van der Waals surface area contributed by atoms with E-state index in [9.17, 15) is 79.4 Å². The van der Waals surface area contributed by atoms with Crippen molar-refractivity contribution in [1.82, 2.24) is 0 Å². The lowest BCUT2D eigenvalue weighted by Crippen LogP contribution is -2.75. The number of halogens is 17. The SMILES string of the molecule is Cc1cccc(OC(=O)C(F)(F)C(F)(F)C(F)(F)C(F)(F)C(F)(F)C(F)(F)C(F)(F)C(F)(F)F)c1C. The second kappa shape index (κ2) is 8.53. The van der Waals surface area contributed by atoms with Gasteiger partial charge in [-0.3, -0.25) is 0 Å². The summed E-state index contributed by atoms with van der Waals surface area (Å²) in [5.74, 6) is -63.3. The molecule has 2 nitrogen and oxygen atoms in total. The molecule has 0 aromatic heterocycles. The van der Waals surface area contributed by atoms with Gasteiger partial charge in [0.1, 0.15) is 5.75 Å². The van der Waals surface area contributed by atoms with E-state index in [0.29, 0.717) is 6.07 Å². The van der Waals surface area contributed by atoms with E-state index >= 15 is 0 Å². The highest BCUT2D eigenvalue weighted by Crippen LogP contribution is 2.64. The van der Waals surface area contributed by atoms with Gasteiger partial charge in [0.05, 0.1) is 0 Å². The lowest BCUT2D eigenvalue weighted by molar-refractivity contribution is -0.459. The number of carbonyl (C=O) groups is 1.